The lowest BCUT2D eigenvalue weighted by molar-refractivity contribution is -0.134. The second kappa shape index (κ2) is 11.9. The first-order valence-electron chi connectivity index (χ1n) is 8.52. The SMILES string of the molecule is CN(CCN1CCCC1)C(=O)NC(=O)OC(C)(C)C.O=C(O)/C=C\C(=O)O. The fourth-order valence-corrected chi connectivity index (χ4v) is 2.03. The summed E-state index contributed by atoms with van der Waals surface area (Å²) in [7, 11) is 1.68. The molecule has 1 heterocycles. The molecule has 1 rings (SSSR count). The lowest BCUT2D eigenvalue weighted by Crippen LogP contribution is -2.45. The highest BCUT2D eigenvalue weighted by molar-refractivity contribution is 5.90. The van der Waals surface area contributed by atoms with Gasteiger partial charge < -0.3 is 24.7 Å². The Labute approximate surface area is 158 Å². The molecule has 1 aliphatic heterocycles. The Kier molecular flexibility index (Phi) is 10.7. The third kappa shape index (κ3) is 14.3. The fourth-order valence-electron chi connectivity index (χ4n) is 2.03. The number of carboxylic acid groups (broad SMARTS) is 2. The molecule has 1 aliphatic rings. The van der Waals surface area contributed by atoms with Gasteiger partial charge in [-0.15, -0.1) is 0 Å². The number of nitrogens with zero attached hydrogens (tertiary/aromatic N) is 2. The molecule has 0 aliphatic carbocycles. The van der Waals surface area contributed by atoms with E-state index in [9.17, 15) is 19.2 Å². The number of alkyl carbamates (subject to hydrolysis) is 1. The van der Waals surface area contributed by atoms with E-state index in [0.717, 1.165) is 19.6 Å². The number of likely N-dealkylation sites (tertiary alicyclic amines) is 1. The van der Waals surface area contributed by atoms with Crippen LogP contribution in [-0.2, 0) is 14.3 Å². The van der Waals surface area contributed by atoms with Crippen LogP contribution in [0.15, 0.2) is 12.2 Å². The summed E-state index contributed by atoms with van der Waals surface area (Å²) >= 11 is 0. The van der Waals surface area contributed by atoms with Crippen molar-refractivity contribution in [1.82, 2.24) is 15.1 Å². The van der Waals surface area contributed by atoms with Crippen LogP contribution in [0, 0.1) is 0 Å². The van der Waals surface area contributed by atoms with Gasteiger partial charge in [-0.3, -0.25) is 0 Å². The van der Waals surface area contributed by atoms with Crippen molar-refractivity contribution in [2.24, 2.45) is 0 Å². The van der Waals surface area contributed by atoms with Gasteiger partial charge in [-0.25, -0.2) is 24.5 Å². The highest BCUT2D eigenvalue weighted by Crippen LogP contribution is 2.07. The van der Waals surface area contributed by atoms with Crippen LogP contribution < -0.4 is 5.32 Å². The van der Waals surface area contributed by atoms with E-state index in [-0.39, 0.29) is 0 Å². The van der Waals surface area contributed by atoms with E-state index in [4.69, 9.17) is 14.9 Å². The summed E-state index contributed by atoms with van der Waals surface area (Å²) < 4.78 is 5.03. The first kappa shape index (κ1) is 24.4. The van der Waals surface area contributed by atoms with Crippen LogP contribution in [-0.4, -0.2) is 82.9 Å². The number of carbonyl (C=O) groups excluding carboxylic acids is 2. The minimum atomic E-state index is -1.26. The van der Waals surface area contributed by atoms with Crippen molar-refractivity contribution < 1.29 is 34.1 Å². The minimum Gasteiger partial charge on any atom is -0.478 e. The molecule has 27 heavy (non-hydrogen) atoms. The van der Waals surface area contributed by atoms with E-state index in [1.165, 1.54) is 17.7 Å². The van der Waals surface area contributed by atoms with Gasteiger partial charge in [0.25, 0.3) is 0 Å². The molecule has 0 radical (unpaired) electrons. The highest BCUT2D eigenvalue weighted by Gasteiger charge is 2.20. The van der Waals surface area contributed by atoms with Crippen LogP contribution in [0.5, 0.6) is 0 Å². The second-order valence-electron chi connectivity index (χ2n) is 6.91. The number of carbonyl (C=O) groups is 4. The molecule has 0 unspecified atom stereocenters. The second-order valence-corrected chi connectivity index (χ2v) is 6.91. The summed E-state index contributed by atoms with van der Waals surface area (Å²) in [6.07, 6.45) is 2.87. The maximum atomic E-state index is 11.7. The fraction of sp³-hybridized carbons (Fsp3) is 0.647. The lowest BCUT2D eigenvalue weighted by Gasteiger charge is -2.23. The number of hydrogen-bond acceptors (Lipinski definition) is 6. The number of ether oxygens (including phenoxy) is 1. The third-order valence-corrected chi connectivity index (χ3v) is 3.27. The van der Waals surface area contributed by atoms with E-state index in [0.29, 0.717) is 18.7 Å². The van der Waals surface area contributed by atoms with Crippen LogP contribution in [0.4, 0.5) is 9.59 Å². The summed E-state index contributed by atoms with van der Waals surface area (Å²) in [5, 5.41) is 17.8. The standard InChI is InChI=1S/C13H25N3O3.C4H4O4/c1-13(2,3)19-12(18)14-11(17)15(4)9-10-16-7-5-6-8-16;5-3(6)1-2-4(7)8/h5-10H2,1-4H3,(H,14,17,18);1-2H,(H,5,6)(H,7,8)/b;2-1-. The van der Waals surface area contributed by atoms with E-state index < -0.39 is 29.7 Å². The zero-order chi connectivity index (χ0) is 21.0. The van der Waals surface area contributed by atoms with Gasteiger partial charge in [0.2, 0.25) is 0 Å². The molecule has 3 amide bonds. The number of carboxylic acids is 2. The van der Waals surface area contributed by atoms with Gasteiger partial charge in [0.1, 0.15) is 5.60 Å². The first-order valence-corrected chi connectivity index (χ1v) is 8.52. The van der Waals surface area contributed by atoms with E-state index >= 15 is 0 Å². The molecular weight excluding hydrogens is 358 g/mol. The number of likely N-dealkylation sites (N-methyl/N-ethyl adjacent to an activating group) is 1. The molecule has 0 aromatic heterocycles. The molecular formula is C17H29N3O7. The van der Waals surface area contributed by atoms with Crippen LogP contribution in [0.3, 0.4) is 0 Å². The maximum Gasteiger partial charge on any atom is 0.415 e. The molecule has 1 fully saturated rings. The Morgan fingerprint density at radius 3 is 1.96 bits per heavy atom. The summed E-state index contributed by atoms with van der Waals surface area (Å²) in [6, 6.07) is -0.423. The predicted molar refractivity (Wildman–Crippen MR) is 97.5 cm³/mol. The molecule has 10 nitrogen and oxygen atoms in total. The molecule has 0 aromatic carbocycles. The van der Waals surface area contributed by atoms with Gasteiger partial charge in [0.15, 0.2) is 0 Å². The van der Waals surface area contributed by atoms with Crippen LogP contribution in [0.25, 0.3) is 0 Å². The Morgan fingerprint density at radius 2 is 1.56 bits per heavy atom. The van der Waals surface area contributed by atoms with Crippen molar-refractivity contribution in [2.75, 3.05) is 33.2 Å². The molecule has 0 saturated carbocycles. The number of rotatable bonds is 5. The summed E-state index contributed by atoms with van der Waals surface area (Å²) in [6.45, 7) is 8.92. The zero-order valence-corrected chi connectivity index (χ0v) is 16.2. The molecule has 1 saturated heterocycles. The lowest BCUT2D eigenvalue weighted by atomic mass is 10.2. The van der Waals surface area contributed by atoms with Gasteiger partial charge in [-0.2, -0.15) is 0 Å². The molecule has 154 valence electrons. The van der Waals surface area contributed by atoms with Crippen molar-refractivity contribution in [3.8, 4) is 0 Å². The molecule has 0 bridgehead atoms. The van der Waals surface area contributed by atoms with Crippen molar-refractivity contribution in [3.63, 3.8) is 0 Å². The number of amides is 3. The quantitative estimate of drug-likeness (QED) is 0.602. The Bertz CT molecular complexity index is 533. The van der Waals surface area contributed by atoms with Gasteiger partial charge in [0, 0.05) is 32.3 Å². The maximum absolute atomic E-state index is 11.7. The normalized spacial score (nSPS) is 14.2. The highest BCUT2D eigenvalue weighted by atomic mass is 16.6. The minimum absolute atomic E-state index is 0.423. The molecule has 10 heteroatoms. The summed E-state index contributed by atoms with van der Waals surface area (Å²) in [4.78, 5) is 46.1. The Hall–Kier alpha value is -2.62. The van der Waals surface area contributed by atoms with Crippen molar-refractivity contribution in [1.29, 1.82) is 0 Å². The van der Waals surface area contributed by atoms with Crippen molar-refractivity contribution >= 4 is 24.1 Å². The number of hydrogen-bond donors (Lipinski definition) is 3. The average molecular weight is 387 g/mol. The molecule has 0 spiro atoms. The smallest absolute Gasteiger partial charge is 0.415 e. The number of aliphatic carboxylic acids is 2. The number of imide groups is 1. The van der Waals surface area contributed by atoms with E-state index in [1.807, 2.05) is 0 Å². The van der Waals surface area contributed by atoms with Gasteiger partial charge in [-0.05, 0) is 46.7 Å². The third-order valence-electron chi connectivity index (χ3n) is 3.27. The van der Waals surface area contributed by atoms with Crippen molar-refractivity contribution in [2.45, 2.75) is 39.2 Å². The zero-order valence-electron chi connectivity index (χ0n) is 16.2. The van der Waals surface area contributed by atoms with Crippen LogP contribution in [0.2, 0.25) is 0 Å². The Balaban J connectivity index is 0.000000713. The predicted octanol–water partition coefficient (Wildman–Crippen LogP) is 1.37. The number of urea groups is 1. The number of nitrogens with one attached hydrogen (secondary N) is 1. The molecule has 0 atom stereocenters. The Morgan fingerprint density at radius 1 is 1.07 bits per heavy atom. The summed E-state index contributed by atoms with van der Waals surface area (Å²) in [5.74, 6) is -2.51. The van der Waals surface area contributed by atoms with E-state index in [1.54, 1.807) is 27.8 Å². The van der Waals surface area contributed by atoms with Gasteiger partial charge in [-0.1, -0.05) is 0 Å². The van der Waals surface area contributed by atoms with Gasteiger partial charge >= 0.3 is 24.1 Å². The average Bonchev–Trinajstić information content (AvgIpc) is 3.02. The van der Waals surface area contributed by atoms with E-state index in [2.05, 4.69) is 10.2 Å². The topological polar surface area (TPSA) is 136 Å². The largest absolute Gasteiger partial charge is 0.478 e. The van der Waals surface area contributed by atoms with Crippen LogP contribution >= 0.6 is 0 Å². The monoisotopic (exact) mass is 387 g/mol. The summed E-state index contributed by atoms with van der Waals surface area (Å²) in [5.41, 5.74) is -0.599. The van der Waals surface area contributed by atoms with Crippen molar-refractivity contribution in [3.05, 3.63) is 12.2 Å². The van der Waals surface area contributed by atoms with Crippen LogP contribution in [0.1, 0.15) is 33.6 Å². The van der Waals surface area contributed by atoms with Gasteiger partial charge in [0.05, 0.1) is 0 Å². The molecule has 3 N–H and O–H groups in total. The first-order chi connectivity index (χ1) is 12.4. The molecule has 0 aromatic rings.